The Hall–Kier alpha value is -1.52. The highest BCUT2D eigenvalue weighted by Gasteiger charge is 2.20. The van der Waals surface area contributed by atoms with Crippen LogP contribution >= 0.6 is 0 Å². The van der Waals surface area contributed by atoms with E-state index in [0.717, 1.165) is 12.3 Å². The third-order valence-electron chi connectivity index (χ3n) is 4.88. The second kappa shape index (κ2) is 8.05. The monoisotopic (exact) mass is 280 g/mol. The summed E-state index contributed by atoms with van der Waals surface area (Å²) < 4.78 is 0. The van der Waals surface area contributed by atoms with Gasteiger partial charge in [-0.3, -0.25) is 0 Å². The topological polar surface area (TPSA) is 0 Å². The number of hydrogen-bond acceptors (Lipinski definition) is 0. The van der Waals surface area contributed by atoms with Crippen molar-refractivity contribution in [1.29, 1.82) is 0 Å². The first kappa shape index (κ1) is 15.9. The van der Waals surface area contributed by atoms with Gasteiger partial charge in [0.05, 0.1) is 0 Å². The fourth-order valence-electron chi connectivity index (χ4n) is 3.34. The quantitative estimate of drug-likeness (QED) is 0.430. The lowest BCUT2D eigenvalue weighted by Crippen LogP contribution is -2.14. The van der Waals surface area contributed by atoms with E-state index in [4.69, 9.17) is 0 Å². The molecule has 0 heterocycles. The molecule has 1 aromatic carbocycles. The van der Waals surface area contributed by atoms with E-state index in [0.29, 0.717) is 5.92 Å². The smallest absolute Gasteiger partial charge is 0.0133 e. The van der Waals surface area contributed by atoms with Crippen LogP contribution in [0.15, 0.2) is 48.7 Å². The van der Waals surface area contributed by atoms with Crippen LogP contribution in [-0.2, 0) is 6.42 Å². The van der Waals surface area contributed by atoms with Crippen molar-refractivity contribution in [2.75, 3.05) is 0 Å². The molecule has 0 nitrogen and oxygen atoms in total. The van der Waals surface area contributed by atoms with Crippen LogP contribution in [0.1, 0.15) is 56.6 Å². The van der Waals surface area contributed by atoms with E-state index in [1.165, 1.54) is 55.2 Å². The van der Waals surface area contributed by atoms with Crippen molar-refractivity contribution in [2.45, 2.75) is 51.9 Å². The van der Waals surface area contributed by atoms with E-state index in [1.54, 1.807) is 0 Å². The second-order valence-corrected chi connectivity index (χ2v) is 6.44. The van der Waals surface area contributed by atoms with Crippen molar-refractivity contribution in [3.63, 3.8) is 0 Å². The summed E-state index contributed by atoms with van der Waals surface area (Å²) in [6, 6.07) is 8.74. The minimum Gasteiger partial charge on any atom is -0.128 e. The Morgan fingerprint density at radius 1 is 1.24 bits per heavy atom. The molecule has 1 atom stereocenters. The second-order valence-electron chi connectivity index (χ2n) is 6.44. The number of benzene rings is 1. The molecule has 0 N–H and O–H groups in total. The van der Waals surface area contributed by atoms with Crippen molar-refractivity contribution >= 4 is 6.08 Å². The van der Waals surface area contributed by atoms with Gasteiger partial charge < -0.3 is 0 Å². The predicted octanol–water partition coefficient (Wildman–Crippen LogP) is 6.19. The largest absolute Gasteiger partial charge is 0.128 e. The van der Waals surface area contributed by atoms with E-state index in [2.05, 4.69) is 50.1 Å². The average Bonchev–Trinajstić information content (AvgIpc) is 2.54. The predicted molar refractivity (Wildman–Crippen MR) is 93.2 cm³/mol. The lowest BCUT2D eigenvalue weighted by atomic mass is 9.78. The van der Waals surface area contributed by atoms with Gasteiger partial charge in [0.2, 0.25) is 0 Å². The Morgan fingerprint density at radius 2 is 1.90 bits per heavy atom. The molecule has 2 rings (SSSR count). The van der Waals surface area contributed by atoms with Crippen molar-refractivity contribution in [3.05, 3.63) is 59.9 Å². The molecule has 0 heteroatoms. The summed E-state index contributed by atoms with van der Waals surface area (Å²) in [7, 11) is 0. The summed E-state index contributed by atoms with van der Waals surface area (Å²) in [5.74, 6) is 1.43. The Bertz CT molecular complexity index is 493. The number of rotatable bonds is 6. The third-order valence-corrected chi connectivity index (χ3v) is 4.88. The van der Waals surface area contributed by atoms with E-state index in [9.17, 15) is 0 Å². The molecule has 1 aliphatic rings. The Balaban J connectivity index is 1.83. The summed E-state index contributed by atoms with van der Waals surface area (Å²) in [5.41, 5.74) is 6.91. The summed E-state index contributed by atoms with van der Waals surface area (Å²) >= 11 is 0. The van der Waals surface area contributed by atoms with E-state index >= 15 is 0 Å². The highest BCUT2D eigenvalue weighted by Crippen LogP contribution is 2.33. The number of aryl methyl sites for hydroxylation is 1. The standard InChI is InChI=1S/C21H28/c1-4-8-19-13-15-20(16-14-19)12-11-17(2)18(3)21-9-6-5-7-10-21/h8,13-17,21H,1,3,5-7,9-12H2,2H3. The van der Waals surface area contributed by atoms with Crippen LogP contribution in [-0.4, -0.2) is 0 Å². The van der Waals surface area contributed by atoms with Gasteiger partial charge in [-0.2, -0.15) is 0 Å². The summed E-state index contributed by atoms with van der Waals surface area (Å²) in [5, 5.41) is 0. The molecule has 1 unspecified atom stereocenters. The van der Waals surface area contributed by atoms with E-state index < -0.39 is 0 Å². The first-order chi connectivity index (χ1) is 10.2. The lowest BCUT2D eigenvalue weighted by molar-refractivity contribution is 0.372. The van der Waals surface area contributed by atoms with Crippen LogP contribution in [0, 0.1) is 11.8 Å². The molecule has 0 amide bonds. The van der Waals surface area contributed by atoms with Crippen molar-refractivity contribution in [1.82, 2.24) is 0 Å². The molecule has 1 aliphatic carbocycles. The van der Waals surface area contributed by atoms with Crippen LogP contribution in [0.4, 0.5) is 0 Å². The van der Waals surface area contributed by atoms with Gasteiger partial charge in [-0.25, -0.2) is 0 Å². The normalized spacial score (nSPS) is 17.0. The summed E-state index contributed by atoms with van der Waals surface area (Å²) in [6.07, 6.45) is 11.2. The van der Waals surface area contributed by atoms with Crippen molar-refractivity contribution < 1.29 is 0 Å². The summed E-state index contributed by atoms with van der Waals surface area (Å²) in [4.78, 5) is 0. The van der Waals surface area contributed by atoms with Crippen LogP contribution in [0.3, 0.4) is 0 Å². The third kappa shape index (κ3) is 4.76. The van der Waals surface area contributed by atoms with Crippen LogP contribution in [0.2, 0.25) is 0 Å². The zero-order valence-corrected chi connectivity index (χ0v) is 13.4. The Labute approximate surface area is 130 Å². The van der Waals surface area contributed by atoms with Crippen LogP contribution < -0.4 is 0 Å². The van der Waals surface area contributed by atoms with Gasteiger partial charge in [0.25, 0.3) is 0 Å². The molecule has 0 aromatic heterocycles. The molecular formula is C21H28. The maximum Gasteiger partial charge on any atom is -0.0133 e. The molecule has 0 radical (unpaired) electrons. The van der Waals surface area contributed by atoms with Gasteiger partial charge in [0.1, 0.15) is 0 Å². The molecule has 112 valence electrons. The maximum absolute atomic E-state index is 4.41. The first-order valence-electron chi connectivity index (χ1n) is 8.34. The molecule has 0 bridgehead atoms. The fraction of sp³-hybridized carbons (Fsp3) is 0.476. The number of hydrogen-bond donors (Lipinski definition) is 0. The minimum atomic E-state index is 0.640. The van der Waals surface area contributed by atoms with Gasteiger partial charge in [-0.1, -0.05) is 69.2 Å². The maximum atomic E-state index is 4.41. The molecule has 1 fully saturated rings. The molecule has 1 saturated carbocycles. The van der Waals surface area contributed by atoms with Crippen molar-refractivity contribution in [3.8, 4) is 0 Å². The van der Waals surface area contributed by atoms with Crippen LogP contribution in [0.5, 0.6) is 0 Å². The molecule has 0 saturated heterocycles. The molecule has 1 aromatic rings. The van der Waals surface area contributed by atoms with E-state index in [-0.39, 0.29) is 0 Å². The highest BCUT2D eigenvalue weighted by atomic mass is 14.3. The lowest BCUT2D eigenvalue weighted by Gasteiger charge is -2.27. The summed E-state index contributed by atoms with van der Waals surface area (Å²) in [6.45, 7) is 10.4. The Morgan fingerprint density at radius 3 is 2.52 bits per heavy atom. The average molecular weight is 280 g/mol. The first-order valence-corrected chi connectivity index (χ1v) is 8.34. The van der Waals surface area contributed by atoms with Crippen molar-refractivity contribution in [2.24, 2.45) is 11.8 Å². The fourth-order valence-corrected chi connectivity index (χ4v) is 3.34. The van der Waals surface area contributed by atoms with Gasteiger partial charge in [0.15, 0.2) is 0 Å². The van der Waals surface area contributed by atoms with Crippen LogP contribution in [0.25, 0.3) is 6.08 Å². The molecule has 0 spiro atoms. The van der Waals surface area contributed by atoms with Gasteiger partial charge >= 0.3 is 0 Å². The Kier molecular flexibility index (Phi) is 6.08. The van der Waals surface area contributed by atoms with Gasteiger partial charge in [-0.05, 0) is 54.7 Å². The highest BCUT2D eigenvalue weighted by molar-refractivity contribution is 5.48. The van der Waals surface area contributed by atoms with E-state index in [1.807, 2.05) is 6.08 Å². The van der Waals surface area contributed by atoms with Gasteiger partial charge in [0, 0.05) is 0 Å². The minimum absolute atomic E-state index is 0.640. The molecular weight excluding hydrogens is 252 g/mol. The zero-order chi connectivity index (χ0) is 15.1. The van der Waals surface area contributed by atoms with Gasteiger partial charge in [-0.15, -0.1) is 5.73 Å². The molecule has 21 heavy (non-hydrogen) atoms. The molecule has 0 aliphatic heterocycles. The SMILES string of the molecule is C=C=Cc1ccc(CCC(C)C(=C)C2CCCCC2)cc1. The zero-order valence-electron chi connectivity index (χ0n) is 13.4. The number of allylic oxidation sites excluding steroid dienone is 1.